The first kappa shape index (κ1) is 12.5. The first-order chi connectivity index (χ1) is 8.66. The Morgan fingerprint density at radius 3 is 2.67 bits per heavy atom. The van der Waals surface area contributed by atoms with Crippen LogP contribution in [-0.4, -0.2) is 10.1 Å². The minimum Gasteiger partial charge on any atom is -0.488 e. The van der Waals surface area contributed by atoms with Gasteiger partial charge < -0.3 is 9.84 Å². The van der Waals surface area contributed by atoms with E-state index in [1.807, 2.05) is 12.1 Å². The Balaban J connectivity index is 2.15. The zero-order valence-corrected chi connectivity index (χ0v) is 10.0. The SMILES string of the molecule is C[C@@H](O)c1ccc(F)cc1OCc1ccncc1. The standard InChI is InChI=1S/C14H14FNO2/c1-10(17)13-3-2-12(15)8-14(13)18-9-11-4-6-16-7-5-11/h2-8,10,17H,9H2,1H3/t10-/m1/s1. The maximum Gasteiger partial charge on any atom is 0.128 e. The first-order valence-electron chi connectivity index (χ1n) is 5.66. The number of benzene rings is 1. The molecule has 0 fully saturated rings. The molecule has 2 rings (SSSR count). The van der Waals surface area contributed by atoms with Crippen molar-refractivity contribution in [3.8, 4) is 5.75 Å². The molecule has 1 aromatic heterocycles. The van der Waals surface area contributed by atoms with E-state index in [1.165, 1.54) is 18.2 Å². The van der Waals surface area contributed by atoms with Gasteiger partial charge in [-0.25, -0.2) is 4.39 Å². The lowest BCUT2D eigenvalue weighted by Gasteiger charge is -2.13. The van der Waals surface area contributed by atoms with E-state index >= 15 is 0 Å². The number of nitrogens with zero attached hydrogens (tertiary/aromatic N) is 1. The lowest BCUT2D eigenvalue weighted by molar-refractivity contribution is 0.190. The molecule has 3 nitrogen and oxygen atoms in total. The molecule has 94 valence electrons. The minimum absolute atomic E-state index is 0.311. The Morgan fingerprint density at radius 1 is 1.28 bits per heavy atom. The number of halogens is 1. The molecule has 0 aliphatic heterocycles. The Labute approximate surface area is 105 Å². The van der Waals surface area contributed by atoms with Gasteiger partial charge in [0.2, 0.25) is 0 Å². The molecule has 1 N–H and O–H groups in total. The average molecular weight is 247 g/mol. The van der Waals surface area contributed by atoms with Crippen LogP contribution < -0.4 is 4.74 Å². The van der Waals surface area contributed by atoms with Gasteiger partial charge in [0, 0.05) is 24.0 Å². The molecule has 0 unspecified atom stereocenters. The van der Waals surface area contributed by atoms with Crippen molar-refractivity contribution < 1.29 is 14.2 Å². The predicted molar refractivity (Wildman–Crippen MR) is 65.6 cm³/mol. The number of pyridine rings is 1. The summed E-state index contributed by atoms with van der Waals surface area (Å²) in [5.74, 6) is -0.0223. The van der Waals surface area contributed by atoms with Crippen LogP contribution in [0.1, 0.15) is 24.2 Å². The van der Waals surface area contributed by atoms with Crippen LogP contribution in [-0.2, 0) is 6.61 Å². The Hall–Kier alpha value is -1.94. The van der Waals surface area contributed by atoms with Crippen molar-refractivity contribution in [2.24, 2.45) is 0 Å². The van der Waals surface area contributed by atoms with Crippen LogP contribution >= 0.6 is 0 Å². The summed E-state index contributed by atoms with van der Waals surface area (Å²) in [5.41, 5.74) is 1.51. The summed E-state index contributed by atoms with van der Waals surface area (Å²) in [6.45, 7) is 1.93. The monoisotopic (exact) mass is 247 g/mol. The Kier molecular flexibility index (Phi) is 3.89. The van der Waals surface area contributed by atoms with E-state index in [-0.39, 0.29) is 5.82 Å². The van der Waals surface area contributed by atoms with Gasteiger partial charge in [-0.05, 0) is 36.8 Å². The summed E-state index contributed by atoms with van der Waals surface area (Å²) in [4.78, 5) is 3.90. The minimum atomic E-state index is -0.696. The summed E-state index contributed by atoms with van der Waals surface area (Å²) in [6, 6.07) is 7.76. The molecule has 4 heteroatoms. The highest BCUT2D eigenvalue weighted by atomic mass is 19.1. The summed E-state index contributed by atoms with van der Waals surface area (Å²) in [7, 11) is 0. The van der Waals surface area contributed by atoms with Crippen molar-refractivity contribution >= 4 is 0 Å². The third kappa shape index (κ3) is 3.05. The second-order valence-electron chi connectivity index (χ2n) is 4.00. The maximum absolute atomic E-state index is 13.2. The van der Waals surface area contributed by atoms with E-state index in [1.54, 1.807) is 19.3 Å². The van der Waals surface area contributed by atoms with Crippen LogP contribution in [0.2, 0.25) is 0 Å². The second kappa shape index (κ2) is 5.60. The van der Waals surface area contributed by atoms with Crippen molar-refractivity contribution in [1.29, 1.82) is 0 Å². The molecule has 1 heterocycles. The van der Waals surface area contributed by atoms with E-state index in [4.69, 9.17) is 4.74 Å². The largest absolute Gasteiger partial charge is 0.488 e. The summed E-state index contributed by atoms with van der Waals surface area (Å²) < 4.78 is 18.7. The highest BCUT2D eigenvalue weighted by Crippen LogP contribution is 2.26. The third-order valence-corrected chi connectivity index (χ3v) is 2.57. The highest BCUT2D eigenvalue weighted by Gasteiger charge is 2.10. The zero-order valence-electron chi connectivity index (χ0n) is 10.0. The normalized spacial score (nSPS) is 12.2. The number of rotatable bonds is 4. The molecule has 0 aliphatic rings. The van der Waals surface area contributed by atoms with Crippen molar-refractivity contribution in [1.82, 2.24) is 4.98 Å². The second-order valence-corrected chi connectivity index (χ2v) is 4.00. The molecule has 0 bridgehead atoms. The van der Waals surface area contributed by atoms with Gasteiger partial charge in [0.25, 0.3) is 0 Å². The number of ether oxygens (including phenoxy) is 1. The molecule has 2 aromatic rings. The van der Waals surface area contributed by atoms with Gasteiger partial charge in [0.1, 0.15) is 18.2 Å². The molecule has 18 heavy (non-hydrogen) atoms. The Morgan fingerprint density at radius 2 is 2.00 bits per heavy atom. The average Bonchev–Trinajstić information content (AvgIpc) is 2.37. The van der Waals surface area contributed by atoms with Crippen LogP contribution in [0.4, 0.5) is 4.39 Å². The fraction of sp³-hybridized carbons (Fsp3) is 0.214. The van der Waals surface area contributed by atoms with Gasteiger partial charge in [-0.3, -0.25) is 4.98 Å². The Bertz CT molecular complexity index is 514. The summed E-state index contributed by atoms with van der Waals surface area (Å²) in [5, 5.41) is 9.58. The van der Waals surface area contributed by atoms with Crippen LogP contribution in [0.5, 0.6) is 5.75 Å². The highest BCUT2D eigenvalue weighted by molar-refractivity contribution is 5.35. The van der Waals surface area contributed by atoms with Gasteiger partial charge in [-0.1, -0.05) is 0 Å². The molecular formula is C14H14FNO2. The van der Waals surface area contributed by atoms with E-state index in [2.05, 4.69) is 4.98 Å². The number of aromatic nitrogens is 1. The molecule has 0 spiro atoms. The number of aliphatic hydroxyl groups excluding tert-OH is 1. The lowest BCUT2D eigenvalue weighted by Crippen LogP contribution is -2.01. The van der Waals surface area contributed by atoms with Crippen molar-refractivity contribution in [2.75, 3.05) is 0 Å². The molecule has 0 saturated carbocycles. The zero-order chi connectivity index (χ0) is 13.0. The smallest absolute Gasteiger partial charge is 0.128 e. The van der Waals surface area contributed by atoms with Gasteiger partial charge in [-0.15, -0.1) is 0 Å². The van der Waals surface area contributed by atoms with E-state index in [9.17, 15) is 9.50 Å². The fourth-order valence-corrected chi connectivity index (χ4v) is 1.62. The maximum atomic E-state index is 13.2. The molecule has 1 aromatic carbocycles. The number of aliphatic hydroxyl groups is 1. The molecular weight excluding hydrogens is 233 g/mol. The van der Waals surface area contributed by atoms with E-state index in [0.29, 0.717) is 17.9 Å². The van der Waals surface area contributed by atoms with Crippen LogP contribution in [0.3, 0.4) is 0 Å². The topological polar surface area (TPSA) is 42.4 Å². The van der Waals surface area contributed by atoms with E-state index in [0.717, 1.165) is 5.56 Å². The third-order valence-electron chi connectivity index (χ3n) is 2.57. The van der Waals surface area contributed by atoms with Gasteiger partial charge in [0.15, 0.2) is 0 Å². The van der Waals surface area contributed by atoms with Gasteiger partial charge in [-0.2, -0.15) is 0 Å². The molecule has 0 radical (unpaired) electrons. The fourth-order valence-electron chi connectivity index (χ4n) is 1.62. The quantitative estimate of drug-likeness (QED) is 0.903. The van der Waals surface area contributed by atoms with Crippen molar-refractivity contribution in [3.63, 3.8) is 0 Å². The lowest BCUT2D eigenvalue weighted by atomic mass is 10.1. The molecule has 0 saturated heterocycles. The van der Waals surface area contributed by atoms with Crippen molar-refractivity contribution in [2.45, 2.75) is 19.6 Å². The van der Waals surface area contributed by atoms with Gasteiger partial charge >= 0.3 is 0 Å². The number of hydrogen-bond donors (Lipinski definition) is 1. The van der Waals surface area contributed by atoms with Crippen LogP contribution in [0.25, 0.3) is 0 Å². The van der Waals surface area contributed by atoms with E-state index < -0.39 is 6.10 Å². The van der Waals surface area contributed by atoms with Crippen LogP contribution in [0.15, 0.2) is 42.7 Å². The number of hydrogen-bond acceptors (Lipinski definition) is 3. The molecule has 0 aliphatic carbocycles. The first-order valence-corrected chi connectivity index (χ1v) is 5.66. The summed E-state index contributed by atoms with van der Waals surface area (Å²) >= 11 is 0. The van der Waals surface area contributed by atoms with Gasteiger partial charge in [0.05, 0.1) is 6.10 Å². The molecule has 0 amide bonds. The van der Waals surface area contributed by atoms with Crippen LogP contribution in [0, 0.1) is 5.82 Å². The summed E-state index contributed by atoms with van der Waals surface area (Å²) in [6.07, 6.45) is 2.64. The molecule has 1 atom stereocenters. The van der Waals surface area contributed by atoms with Crippen molar-refractivity contribution in [3.05, 3.63) is 59.7 Å². The predicted octanol–water partition coefficient (Wildman–Crippen LogP) is 2.85.